The third-order valence-electron chi connectivity index (χ3n) is 1.52. The van der Waals surface area contributed by atoms with E-state index in [9.17, 15) is 13.6 Å². The average Bonchev–Trinajstić information content (AvgIpc) is 2.20. The highest BCUT2D eigenvalue weighted by molar-refractivity contribution is 6.32. The van der Waals surface area contributed by atoms with Crippen LogP contribution in [-0.4, -0.2) is 24.2 Å². The number of carbonyl (C=O) groups is 1. The predicted molar refractivity (Wildman–Crippen MR) is 51.8 cm³/mol. The maximum Gasteiger partial charge on any atom is 0.388 e. The van der Waals surface area contributed by atoms with Crippen LogP contribution in [-0.2, 0) is 4.74 Å². The molecule has 0 amide bonds. The summed E-state index contributed by atoms with van der Waals surface area (Å²) in [5, 5.41) is -0.175. The number of halogens is 3. The zero-order valence-corrected chi connectivity index (χ0v) is 9.00. The SMILES string of the molecule is CCOC(=O)c1cnc(OC(F)F)c(Cl)c1. The van der Waals surface area contributed by atoms with Gasteiger partial charge >= 0.3 is 12.6 Å². The number of rotatable bonds is 4. The Kier molecular flexibility index (Phi) is 4.42. The summed E-state index contributed by atoms with van der Waals surface area (Å²) in [7, 11) is 0. The molecule has 0 saturated heterocycles. The number of pyridine rings is 1. The Bertz CT molecular complexity index is 387. The number of esters is 1. The van der Waals surface area contributed by atoms with Crippen LogP contribution in [0.5, 0.6) is 5.88 Å². The number of aromatic nitrogens is 1. The van der Waals surface area contributed by atoms with Gasteiger partial charge < -0.3 is 9.47 Å². The highest BCUT2D eigenvalue weighted by atomic mass is 35.5. The summed E-state index contributed by atoms with van der Waals surface area (Å²) in [4.78, 5) is 14.7. The molecule has 0 N–H and O–H groups in total. The van der Waals surface area contributed by atoms with Crippen molar-refractivity contribution < 1.29 is 23.0 Å². The molecule has 1 rings (SSSR count). The van der Waals surface area contributed by atoms with Crippen molar-refractivity contribution in [2.45, 2.75) is 13.5 Å². The van der Waals surface area contributed by atoms with Gasteiger partial charge in [-0.3, -0.25) is 0 Å². The van der Waals surface area contributed by atoms with Crippen LogP contribution in [0.4, 0.5) is 8.78 Å². The van der Waals surface area contributed by atoms with Crippen LogP contribution in [0, 0.1) is 0 Å². The number of hydrogen-bond acceptors (Lipinski definition) is 4. The lowest BCUT2D eigenvalue weighted by Gasteiger charge is -2.06. The minimum absolute atomic E-state index is 0.0773. The molecule has 0 fully saturated rings. The van der Waals surface area contributed by atoms with Gasteiger partial charge in [-0.15, -0.1) is 0 Å². The van der Waals surface area contributed by atoms with E-state index >= 15 is 0 Å². The summed E-state index contributed by atoms with van der Waals surface area (Å²) in [6, 6.07) is 1.16. The lowest BCUT2D eigenvalue weighted by Crippen LogP contribution is -2.08. The molecule has 0 unspecified atom stereocenters. The Labute approximate surface area is 95.1 Å². The van der Waals surface area contributed by atoms with E-state index < -0.39 is 18.5 Å². The van der Waals surface area contributed by atoms with E-state index in [1.165, 1.54) is 0 Å². The summed E-state index contributed by atoms with van der Waals surface area (Å²) in [6.45, 7) is -1.18. The Balaban J connectivity index is 2.86. The Morgan fingerprint density at radius 3 is 2.81 bits per heavy atom. The molecule has 0 aliphatic carbocycles. The zero-order chi connectivity index (χ0) is 12.1. The first kappa shape index (κ1) is 12.6. The fraction of sp³-hybridized carbons (Fsp3) is 0.333. The molecule has 1 aromatic rings. The summed E-state index contributed by atoms with van der Waals surface area (Å²) in [5.74, 6) is -1.05. The molecule has 4 nitrogen and oxygen atoms in total. The average molecular weight is 252 g/mol. The third-order valence-corrected chi connectivity index (χ3v) is 1.79. The van der Waals surface area contributed by atoms with Gasteiger partial charge in [0.15, 0.2) is 0 Å². The highest BCUT2D eigenvalue weighted by Crippen LogP contribution is 2.24. The first-order valence-electron chi connectivity index (χ1n) is 4.32. The van der Waals surface area contributed by atoms with Gasteiger partial charge in [0.05, 0.1) is 12.2 Å². The van der Waals surface area contributed by atoms with Crippen molar-refractivity contribution in [1.82, 2.24) is 4.98 Å². The zero-order valence-electron chi connectivity index (χ0n) is 8.25. The topological polar surface area (TPSA) is 48.4 Å². The summed E-state index contributed by atoms with van der Waals surface area (Å²) < 4.78 is 32.4. The van der Waals surface area contributed by atoms with Crippen LogP contribution in [0.25, 0.3) is 0 Å². The van der Waals surface area contributed by atoms with E-state index in [0.717, 1.165) is 12.3 Å². The van der Waals surface area contributed by atoms with E-state index in [-0.39, 0.29) is 17.2 Å². The van der Waals surface area contributed by atoms with E-state index in [2.05, 4.69) is 14.5 Å². The van der Waals surface area contributed by atoms with Crippen LogP contribution in [0.1, 0.15) is 17.3 Å². The quantitative estimate of drug-likeness (QED) is 0.772. The van der Waals surface area contributed by atoms with Crippen molar-refractivity contribution in [2.24, 2.45) is 0 Å². The van der Waals surface area contributed by atoms with Crippen molar-refractivity contribution in [1.29, 1.82) is 0 Å². The molecular weight excluding hydrogens is 244 g/mol. The van der Waals surface area contributed by atoms with E-state index in [1.54, 1.807) is 6.92 Å². The van der Waals surface area contributed by atoms with Gasteiger partial charge in [0.25, 0.3) is 0 Å². The minimum Gasteiger partial charge on any atom is -0.462 e. The normalized spacial score (nSPS) is 10.3. The Morgan fingerprint density at radius 1 is 1.62 bits per heavy atom. The lowest BCUT2D eigenvalue weighted by atomic mass is 10.3. The van der Waals surface area contributed by atoms with Crippen LogP contribution in [0.15, 0.2) is 12.3 Å². The Morgan fingerprint density at radius 2 is 2.31 bits per heavy atom. The van der Waals surface area contributed by atoms with Crippen molar-refractivity contribution in [3.05, 3.63) is 22.8 Å². The van der Waals surface area contributed by atoms with E-state index in [4.69, 9.17) is 11.6 Å². The van der Waals surface area contributed by atoms with Gasteiger partial charge in [-0.05, 0) is 13.0 Å². The third kappa shape index (κ3) is 3.30. The summed E-state index contributed by atoms with van der Waals surface area (Å²) in [6.07, 6.45) is 1.06. The summed E-state index contributed by atoms with van der Waals surface area (Å²) in [5.41, 5.74) is 0.0773. The van der Waals surface area contributed by atoms with Crippen LogP contribution in [0.2, 0.25) is 5.02 Å². The second kappa shape index (κ2) is 5.60. The molecule has 0 bridgehead atoms. The van der Waals surface area contributed by atoms with E-state index in [0.29, 0.717) is 0 Å². The molecule has 1 heterocycles. The van der Waals surface area contributed by atoms with Crippen molar-refractivity contribution in [2.75, 3.05) is 6.61 Å². The van der Waals surface area contributed by atoms with Gasteiger partial charge in [-0.25, -0.2) is 9.78 Å². The van der Waals surface area contributed by atoms with Crippen molar-refractivity contribution in [3.63, 3.8) is 0 Å². The van der Waals surface area contributed by atoms with Crippen molar-refractivity contribution in [3.8, 4) is 5.88 Å². The van der Waals surface area contributed by atoms with Crippen LogP contribution in [0.3, 0.4) is 0 Å². The predicted octanol–water partition coefficient (Wildman–Crippen LogP) is 2.51. The number of nitrogens with zero attached hydrogens (tertiary/aromatic N) is 1. The molecule has 0 aromatic carbocycles. The second-order valence-electron chi connectivity index (χ2n) is 2.61. The Hall–Kier alpha value is -1.43. The molecule has 0 radical (unpaired) electrons. The van der Waals surface area contributed by atoms with Gasteiger partial charge in [-0.1, -0.05) is 11.6 Å². The van der Waals surface area contributed by atoms with Gasteiger partial charge in [0.2, 0.25) is 5.88 Å². The van der Waals surface area contributed by atoms with Crippen LogP contribution < -0.4 is 4.74 Å². The summed E-state index contributed by atoms with van der Waals surface area (Å²) >= 11 is 5.59. The lowest BCUT2D eigenvalue weighted by molar-refractivity contribution is -0.0527. The highest BCUT2D eigenvalue weighted by Gasteiger charge is 2.14. The molecule has 88 valence electrons. The first-order valence-corrected chi connectivity index (χ1v) is 4.70. The fourth-order valence-electron chi connectivity index (χ4n) is 0.923. The minimum atomic E-state index is -3.02. The van der Waals surface area contributed by atoms with E-state index in [1.807, 2.05) is 0 Å². The standard InChI is InChI=1S/C9H8ClF2NO3/c1-2-15-8(14)5-3-6(10)7(13-4-5)16-9(11)12/h3-4,9H,2H2,1H3. The number of hydrogen-bond donors (Lipinski definition) is 0. The maximum atomic E-state index is 11.9. The monoisotopic (exact) mass is 251 g/mol. The van der Waals surface area contributed by atoms with Crippen LogP contribution >= 0.6 is 11.6 Å². The molecule has 0 aliphatic heterocycles. The second-order valence-corrected chi connectivity index (χ2v) is 3.02. The van der Waals surface area contributed by atoms with Gasteiger partial charge in [0.1, 0.15) is 5.02 Å². The number of carbonyl (C=O) groups excluding carboxylic acids is 1. The molecule has 7 heteroatoms. The maximum absolute atomic E-state index is 11.9. The fourth-order valence-corrected chi connectivity index (χ4v) is 1.13. The number of ether oxygens (including phenoxy) is 2. The van der Waals surface area contributed by atoms with Crippen molar-refractivity contribution >= 4 is 17.6 Å². The van der Waals surface area contributed by atoms with Gasteiger partial charge in [0, 0.05) is 6.20 Å². The molecule has 16 heavy (non-hydrogen) atoms. The first-order chi connectivity index (χ1) is 7.54. The van der Waals surface area contributed by atoms with Gasteiger partial charge in [-0.2, -0.15) is 8.78 Å². The molecule has 0 saturated carbocycles. The smallest absolute Gasteiger partial charge is 0.388 e. The largest absolute Gasteiger partial charge is 0.462 e. The molecule has 0 aliphatic rings. The number of alkyl halides is 2. The molecule has 0 atom stereocenters. The molecule has 1 aromatic heterocycles. The molecular formula is C9H8ClF2NO3. The molecule has 0 spiro atoms.